The summed E-state index contributed by atoms with van der Waals surface area (Å²) < 4.78 is 0. The standard InChI is InChI=1S/C13H24N4O/c1-6-14-12-10(3)13(16-11(4)15-12)17(5)8-7-9(2)18/h9,18H,6-8H2,1-5H3,(H,14,15,16). The van der Waals surface area contributed by atoms with E-state index in [0.717, 1.165) is 42.5 Å². The second-order valence-electron chi connectivity index (χ2n) is 4.66. The highest BCUT2D eigenvalue weighted by Gasteiger charge is 2.12. The molecule has 18 heavy (non-hydrogen) atoms. The summed E-state index contributed by atoms with van der Waals surface area (Å²) in [5.41, 5.74) is 1.05. The van der Waals surface area contributed by atoms with Gasteiger partial charge in [0.05, 0.1) is 6.10 Å². The van der Waals surface area contributed by atoms with Crippen molar-refractivity contribution >= 4 is 11.6 Å². The number of aromatic nitrogens is 2. The normalized spacial score (nSPS) is 12.3. The first-order valence-corrected chi connectivity index (χ1v) is 6.44. The number of rotatable bonds is 6. The van der Waals surface area contributed by atoms with Gasteiger partial charge < -0.3 is 15.3 Å². The first-order chi connectivity index (χ1) is 8.45. The molecule has 0 saturated heterocycles. The molecule has 0 amide bonds. The average molecular weight is 252 g/mol. The molecule has 1 unspecified atom stereocenters. The van der Waals surface area contributed by atoms with Crippen LogP contribution in [0.1, 0.15) is 31.7 Å². The van der Waals surface area contributed by atoms with Gasteiger partial charge in [-0.15, -0.1) is 0 Å². The van der Waals surface area contributed by atoms with Crippen molar-refractivity contribution in [2.75, 3.05) is 30.4 Å². The summed E-state index contributed by atoms with van der Waals surface area (Å²) in [6, 6.07) is 0. The first-order valence-electron chi connectivity index (χ1n) is 6.44. The Bertz CT molecular complexity index is 393. The van der Waals surface area contributed by atoms with E-state index in [1.165, 1.54) is 0 Å². The molecule has 1 aromatic rings. The van der Waals surface area contributed by atoms with E-state index in [4.69, 9.17) is 0 Å². The Morgan fingerprint density at radius 1 is 1.33 bits per heavy atom. The van der Waals surface area contributed by atoms with Crippen molar-refractivity contribution in [1.82, 2.24) is 9.97 Å². The summed E-state index contributed by atoms with van der Waals surface area (Å²) in [7, 11) is 1.99. The molecule has 0 aliphatic rings. The molecule has 1 aromatic heterocycles. The third-order valence-corrected chi connectivity index (χ3v) is 2.82. The Balaban J connectivity index is 2.93. The Hall–Kier alpha value is -1.36. The van der Waals surface area contributed by atoms with E-state index in [0.29, 0.717) is 0 Å². The van der Waals surface area contributed by atoms with Crippen LogP contribution >= 0.6 is 0 Å². The molecule has 5 heteroatoms. The van der Waals surface area contributed by atoms with E-state index in [9.17, 15) is 5.11 Å². The fraction of sp³-hybridized carbons (Fsp3) is 0.692. The van der Waals surface area contributed by atoms with Crippen LogP contribution in [0.15, 0.2) is 0 Å². The second kappa shape index (κ2) is 6.54. The summed E-state index contributed by atoms with van der Waals surface area (Å²) in [6.45, 7) is 9.39. The van der Waals surface area contributed by atoms with E-state index >= 15 is 0 Å². The largest absolute Gasteiger partial charge is 0.393 e. The summed E-state index contributed by atoms with van der Waals surface area (Å²) in [4.78, 5) is 11.0. The van der Waals surface area contributed by atoms with Gasteiger partial charge in [0.25, 0.3) is 0 Å². The number of anilines is 2. The molecule has 1 atom stereocenters. The molecular formula is C13H24N4O. The van der Waals surface area contributed by atoms with Crippen LogP contribution in [0.2, 0.25) is 0 Å². The number of aliphatic hydroxyl groups is 1. The molecule has 0 spiro atoms. The molecule has 102 valence electrons. The van der Waals surface area contributed by atoms with E-state index in [-0.39, 0.29) is 6.10 Å². The van der Waals surface area contributed by atoms with Crippen LogP contribution in [-0.2, 0) is 0 Å². The highest BCUT2D eigenvalue weighted by atomic mass is 16.3. The van der Waals surface area contributed by atoms with Crippen LogP contribution in [0.4, 0.5) is 11.6 Å². The predicted octanol–water partition coefficient (Wildman–Crippen LogP) is 1.73. The predicted molar refractivity (Wildman–Crippen MR) is 75.2 cm³/mol. The summed E-state index contributed by atoms with van der Waals surface area (Å²) in [5, 5.41) is 12.6. The van der Waals surface area contributed by atoms with Gasteiger partial charge in [-0.1, -0.05) is 0 Å². The van der Waals surface area contributed by atoms with E-state index < -0.39 is 0 Å². The monoisotopic (exact) mass is 252 g/mol. The van der Waals surface area contributed by atoms with Crippen LogP contribution in [0.5, 0.6) is 0 Å². The molecule has 5 nitrogen and oxygen atoms in total. The highest BCUT2D eigenvalue weighted by Crippen LogP contribution is 2.22. The topological polar surface area (TPSA) is 61.3 Å². The van der Waals surface area contributed by atoms with Crippen LogP contribution in [0.25, 0.3) is 0 Å². The van der Waals surface area contributed by atoms with Gasteiger partial charge in [0, 0.05) is 25.7 Å². The maximum absolute atomic E-state index is 9.34. The molecule has 2 N–H and O–H groups in total. The molecule has 0 radical (unpaired) electrons. The van der Waals surface area contributed by atoms with Crippen LogP contribution in [-0.4, -0.2) is 41.3 Å². The van der Waals surface area contributed by atoms with Crippen molar-refractivity contribution in [2.24, 2.45) is 0 Å². The molecule has 0 fully saturated rings. The minimum atomic E-state index is -0.288. The zero-order chi connectivity index (χ0) is 13.7. The van der Waals surface area contributed by atoms with Crippen LogP contribution in [0.3, 0.4) is 0 Å². The lowest BCUT2D eigenvalue weighted by Crippen LogP contribution is -2.24. The molecule has 0 saturated carbocycles. The fourth-order valence-electron chi connectivity index (χ4n) is 1.81. The number of hydrogen-bond acceptors (Lipinski definition) is 5. The van der Waals surface area contributed by atoms with Crippen molar-refractivity contribution < 1.29 is 5.11 Å². The van der Waals surface area contributed by atoms with Gasteiger partial charge in [-0.2, -0.15) is 0 Å². The summed E-state index contributed by atoms with van der Waals surface area (Å²) >= 11 is 0. The molecule has 0 bridgehead atoms. The van der Waals surface area contributed by atoms with Gasteiger partial charge in [0.15, 0.2) is 0 Å². The zero-order valence-corrected chi connectivity index (χ0v) is 12.0. The van der Waals surface area contributed by atoms with E-state index in [2.05, 4.69) is 20.2 Å². The maximum atomic E-state index is 9.34. The number of nitrogens with one attached hydrogen (secondary N) is 1. The van der Waals surface area contributed by atoms with Crippen molar-refractivity contribution in [3.63, 3.8) is 0 Å². The van der Waals surface area contributed by atoms with E-state index in [1.807, 2.05) is 27.8 Å². The highest BCUT2D eigenvalue weighted by molar-refractivity contribution is 5.58. The van der Waals surface area contributed by atoms with Gasteiger partial charge in [-0.05, 0) is 34.1 Å². The zero-order valence-electron chi connectivity index (χ0n) is 12.0. The van der Waals surface area contributed by atoms with Crippen molar-refractivity contribution in [3.05, 3.63) is 11.4 Å². The maximum Gasteiger partial charge on any atom is 0.137 e. The molecule has 1 rings (SSSR count). The quantitative estimate of drug-likeness (QED) is 0.807. The van der Waals surface area contributed by atoms with Crippen molar-refractivity contribution in [3.8, 4) is 0 Å². The van der Waals surface area contributed by atoms with Crippen LogP contribution < -0.4 is 10.2 Å². The molecule has 0 aliphatic heterocycles. The Morgan fingerprint density at radius 3 is 2.56 bits per heavy atom. The summed E-state index contributed by atoms with van der Waals surface area (Å²) in [5.74, 6) is 2.58. The lowest BCUT2D eigenvalue weighted by atomic mass is 10.2. The molecule has 0 aliphatic carbocycles. The number of aliphatic hydroxyl groups excluding tert-OH is 1. The fourth-order valence-corrected chi connectivity index (χ4v) is 1.81. The summed E-state index contributed by atoms with van der Waals surface area (Å²) in [6.07, 6.45) is 0.444. The van der Waals surface area contributed by atoms with Gasteiger partial charge in [0.2, 0.25) is 0 Å². The van der Waals surface area contributed by atoms with Gasteiger partial charge in [-0.3, -0.25) is 0 Å². The van der Waals surface area contributed by atoms with Crippen LogP contribution in [0, 0.1) is 13.8 Å². The van der Waals surface area contributed by atoms with Gasteiger partial charge in [-0.25, -0.2) is 9.97 Å². The third kappa shape index (κ3) is 3.84. The SMILES string of the molecule is CCNc1nc(C)nc(N(C)CCC(C)O)c1C. The average Bonchev–Trinajstić information content (AvgIpc) is 2.30. The minimum absolute atomic E-state index is 0.288. The second-order valence-corrected chi connectivity index (χ2v) is 4.66. The lowest BCUT2D eigenvalue weighted by molar-refractivity contribution is 0.187. The minimum Gasteiger partial charge on any atom is -0.393 e. The number of nitrogens with zero attached hydrogens (tertiary/aromatic N) is 3. The van der Waals surface area contributed by atoms with Crippen molar-refractivity contribution in [2.45, 2.75) is 40.2 Å². The molecule has 1 heterocycles. The van der Waals surface area contributed by atoms with Gasteiger partial charge >= 0.3 is 0 Å². The number of aryl methyl sites for hydroxylation is 1. The van der Waals surface area contributed by atoms with E-state index in [1.54, 1.807) is 6.92 Å². The third-order valence-electron chi connectivity index (χ3n) is 2.82. The Morgan fingerprint density at radius 2 is 2.00 bits per heavy atom. The molecule has 0 aromatic carbocycles. The van der Waals surface area contributed by atoms with Crippen molar-refractivity contribution in [1.29, 1.82) is 0 Å². The molecular weight excluding hydrogens is 228 g/mol. The lowest BCUT2D eigenvalue weighted by Gasteiger charge is -2.22. The Kier molecular flexibility index (Phi) is 5.34. The number of hydrogen-bond donors (Lipinski definition) is 2. The Labute approximate surface area is 109 Å². The van der Waals surface area contributed by atoms with Gasteiger partial charge in [0.1, 0.15) is 17.5 Å². The smallest absolute Gasteiger partial charge is 0.137 e. The first kappa shape index (κ1) is 14.7.